The fraction of sp³-hybridized carbons (Fsp3) is 0.364. The molecule has 0 bridgehead atoms. The summed E-state index contributed by atoms with van der Waals surface area (Å²) in [5.74, 6) is -0.302. The number of benzene rings is 1. The van der Waals surface area contributed by atoms with Gasteiger partial charge in [-0.25, -0.2) is 22.8 Å². The first-order valence-corrected chi connectivity index (χ1v) is 12.8. The number of sulfonamides is 1. The van der Waals surface area contributed by atoms with E-state index in [2.05, 4.69) is 20.1 Å². The van der Waals surface area contributed by atoms with Crippen LogP contribution in [0.1, 0.15) is 45.0 Å². The molecule has 1 aliphatic carbocycles. The predicted octanol–water partition coefficient (Wildman–Crippen LogP) is 2.20. The van der Waals surface area contributed by atoms with Gasteiger partial charge in [-0.05, 0) is 56.9 Å². The van der Waals surface area contributed by atoms with E-state index < -0.39 is 10.0 Å². The molecule has 1 fully saturated rings. The fourth-order valence-electron chi connectivity index (χ4n) is 3.35. The first-order valence-electron chi connectivity index (χ1n) is 10.5. The lowest BCUT2D eigenvalue weighted by Crippen LogP contribution is -2.26. The van der Waals surface area contributed by atoms with Crippen LogP contribution in [0.4, 0.5) is 0 Å². The minimum atomic E-state index is -3.51. The van der Waals surface area contributed by atoms with Crippen LogP contribution in [0.5, 0.6) is 0 Å². The fourth-order valence-corrected chi connectivity index (χ4v) is 5.73. The number of hydrogen-bond donors (Lipinski definition) is 2. The second-order valence-electron chi connectivity index (χ2n) is 8.17. The SMILES string of the molecule is Cc1nc(-c2c(C)c(C)nn(C)c2=O)sc1C(=O)NCc1ccc(S(=O)(=O)NC2CC2)cc1. The number of carbonyl (C=O) groups excluding carboxylic acids is 1. The Morgan fingerprint density at radius 2 is 1.82 bits per heavy atom. The van der Waals surface area contributed by atoms with Crippen molar-refractivity contribution in [1.82, 2.24) is 24.8 Å². The summed E-state index contributed by atoms with van der Waals surface area (Å²) < 4.78 is 28.5. The molecule has 11 heteroatoms. The van der Waals surface area contributed by atoms with Crippen molar-refractivity contribution in [2.45, 2.75) is 51.1 Å². The Labute approximate surface area is 195 Å². The molecule has 1 amide bonds. The number of nitrogens with zero attached hydrogens (tertiary/aromatic N) is 3. The summed E-state index contributed by atoms with van der Waals surface area (Å²) in [6.07, 6.45) is 1.74. The van der Waals surface area contributed by atoms with E-state index >= 15 is 0 Å². The smallest absolute Gasteiger partial charge is 0.277 e. The van der Waals surface area contributed by atoms with E-state index in [0.717, 1.165) is 29.7 Å². The second-order valence-corrected chi connectivity index (χ2v) is 10.9. The van der Waals surface area contributed by atoms with E-state index in [1.54, 1.807) is 26.1 Å². The molecule has 1 aromatic carbocycles. The molecule has 0 spiro atoms. The molecular weight excluding hydrogens is 462 g/mol. The number of aryl methyl sites for hydroxylation is 3. The maximum Gasteiger partial charge on any atom is 0.277 e. The zero-order chi connectivity index (χ0) is 23.9. The first kappa shape index (κ1) is 23.3. The molecule has 2 heterocycles. The van der Waals surface area contributed by atoms with Gasteiger partial charge in [0, 0.05) is 19.6 Å². The lowest BCUT2D eigenvalue weighted by Gasteiger charge is -2.08. The van der Waals surface area contributed by atoms with Gasteiger partial charge in [-0.2, -0.15) is 5.10 Å². The summed E-state index contributed by atoms with van der Waals surface area (Å²) in [6.45, 7) is 5.61. The van der Waals surface area contributed by atoms with Crippen LogP contribution in [0.2, 0.25) is 0 Å². The largest absolute Gasteiger partial charge is 0.347 e. The van der Waals surface area contributed by atoms with Crippen LogP contribution in [0.25, 0.3) is 10.6 Å². The van der Waals surface area contributed by atoms with Crippen LogP contribution in [-0.2, 0) is 23.6 Å². The van der Waals surface area contributed by atoms with Crippen LogP contribution in [0.3, 0.4) is 0 Å². The molecule has 0 unspecified atom stereocenters. The number of hydrogen-bond acceptors (Lipinski definition) is 7. The van der Waals surface area contributed by atoms with Crippen molar-refractivity contribution in [2.24, 2.45) is 7.05 Å². The number of amides is 1. The van der Waals surface area contributed by atoms with E-state index in [1.165, 1.54) is 28.2 Å². The topological polar surface area (TPSA) is 123 Å². The van der Waals surface area contributed by atoms with Gasteiger partial charge in [-0.1, -0.05) is 12.1 Å². The standard InChI is InChI=1S/C22H25N5O4S2/c1-12-13(2)25-27(4)22(29)18(12)21-24-14(3)19(32-21)20(28)23-11-15-5-9-17(10-6-15)33(30,31)26-16-7-8-16/h5-6,9-10,16,26H,7-8,11H2,1-4H3,(H,23,28). The Bertz CT molecular complexity index is 1390. The lowest BCUT2D eigenvalue weighted by atomic mass is 10.1. The Balaban J connectivity index is 1.48. The molecule has 0 aliphatic heterocycles. The molecule has 0 atom stereocenters. The number of rotatable bonds is 7. The average molecular weight is 488 g/mol. The summed E-state index contributed by atoms with van der Waals surface area (Å²) >= 11 is 1.17. The van der Waals surface area contributed by atoms with Gasteiger partial charge in [0.25, 0.3) is 11.5 Å². The average Bonchev–Trinajstić information content (AvgIpc) is 3.49. The highest BCUT2D eigenvalue weighted by Crippen LogP contribution is 2.28. The quantitative estimate of drug-likeness (QED) is 0.527. The van der Waals surface area contributed by atoms with Crippen molar-refractivity contribution in [3.8, 4) is 10.6 Å². The van der Waals surface area contributed by atoms with Crippen molar-refractivity contribution in [1.29, 1.82) is 0 Å². The summed E-state index contributed by atoms with van der Waals surface area (Å²) in [7, 11) is -1.92. The van der Waals surface area contributed by atoms with E-state index in [1.807, 2.05) is 13.8 Å². The van der Waals surface area contributed by atoms with Gasteiger partial charge in [0.05, 0.1) is 21.8 Å². The van der Waals surface area contributed by atoms with E-state index in [-0.39, 0.29) is 28.9 Å². The third-order valence-corrected chi connectivity index (χ3v) is 8.24. The van der Waals surface area contributed by atoms with Crippen LogP contribution in [0, 0.1) is 20.8 Å². The van der Waals surface area contributed by atoms with Crippen LogP contribution in [0.15, 0.2) is 34.0 Å². The highest BCUT2D eigenvalue weighted by Gasteiger charge is 2.28. The molecule has 2 aromatic heterocycles. The molecular formula is C22H25N5O4S2. The normalized spacial score (nSPS) is 13.8. The molecule has 1 aliphatic rings. The molecule has 1 saturated carbocycles. The van der Waals surface area contributed by atoms with E-state index in [4.69, 9.17) is 0 Å². The van der Waals surface area contributed by atoms with Gasteiger partial charge in [0.2, 0.25) is 10.0 Å². The maximum absolute atomic E-state index is 12.8. The Morgan fingerprint density at radius 1 is 1.15 bits per heavy atom. The minimum absolute atomic E-state index is 0.0431. The van der Waals surface area contributed by atoms with Crippen molar-refractivity contribution < 1.29 is 13.2 Å². The monoisotopic (exact) mass is 487 g/mol. The summed E-state index contributed by atoms with van der Waals surface area (Å²) in [5.41, 5.74) is 2.97. The van der Waals surface area contributed by atoms with Gasteiger partial charge in [0.15, 0.2) is 0 Å². The summed E-state index contributed by atoms with van der Waals surface area (Å²) in [6, 6.07) is 6.47. The van der Waals surface area contributed by atoms with Crippen LogP contribution < -0.4 is 15.6 Å². The first-order chi connectivity index (χ1) is 15.6. The molecule has 3 aromatic rings. The lowest BCUT2D eigenvalue weighted by molar-refractivity contribution is 0.0954. The number of nitrogens with one attached hydrogen (secondary N) is 2. The molecule has 4 rings (SSSR count). The Morgan fingerprint density at radius 3 is 2.45 bits per heavy atom. The zero-order valence-corrected chi connectivity index (χ0v) is 20.4. The number of thiazole rings is 1. The molecule has 174 valence electrons. The van der Waals surface area contributed by atoms with Crippen molar-refractivity contribution >= 4 is 27.3 Å². The summed E-state index contributed by atoms with van der Waals surface area (Å²) in [4.78, 5) is 30.5. The molecule has 2 N–H and O–H groups in total. The molecule has 0 radical (unpaired) electrons. The van der Waals surface area contributed by atoms with E-state index in [9.17, 15) is 18.0 Å². The van der Waals surface area contributed by atoms with Crippen LogP contribution >= 0.6 is 11.3 Å². The van der Waals surface area contributed by atoms with Crippen LogP contribution in [-0.4, -0.2) is 35.1 Å². The van der Waals surface area contributed by atoms with Crippen molar-refractivity contribution in [3.63, 3.8) is 0 Å². The van der Waals surface area contributed by atoms with Crippen molar-refractivity contribution in [2.75, 3.05) is 0 Å². The summed E-state index contributed by atoms with van der Waals surface area (Å²) in [5, 5.41) is 7.51. The van der Waals surface area contributed by atoms with Crippen molar-refractivity contribution in [3.05, 3.63) is 62.0 Å². The van der Waals surface area contributed by atoms with Gasteiger partial charge >= 0.3 is 0 Å². The Hall–Kier alpha value is -2.89. The third-order valence-electron chi connectivity index (χ3n) is 5.53. The Kier molecular flexibility index (Phi) is 6.21. The van der Waals surface area contributed by atoms with Gasteiger partial charge in [-0.15, -0.1) is 11.3 Å². The second kappa shape index (κ2) is 8.81. The number of aromatic nitrogens is 3. The molecule has 33 heavy (non-hydrogen) atoms. The zero-order valence-electron chi connectivity index (χ0n) is 18.8. The van der Waals surface area contributed by atoms with Gasteiger partial charge in [-0.3, -0.25) is 9.59 Å². The molecule has 9 nitrogen and oxygen atoms in total. The molecule has 0 saturated heterocycles. The highest BCUT2D eigenvalue weighted by molar-refractivity contribution is 7.89. The number of carbonyl (C=O) groups is 1. The third kappa shape index (κ3) is 4.90. The maximum atomic E-state index is 12.8. The highest BCUT2D eigenvalue weighted by atomic mass is 32.2. The van der Waals surface area contributed by atoms with Gasteiger partial charge < -0.3 is 5.32 Å². The minimum Gasteiger partial charge on any atom is -0.347 e. The van der Waals surface area contributed by atoms with E-state index in [0.29, 0.717) is 21.1 Å². The predicted molar refractivity (Wildman–Crippen MR) is 126 cm³/mol. The van der Waals surface area contributed by atoms with Gasteiger partial charge in [0.1, 0.15) is 9.88 Å².